The second-order valence-corrected chi connectivity index (χ2v) is 12.3. The molecule has 10 heteroatoms. The second-order valence-electron chi connectivity index (χ2n) is 12.3. The van der Waals surface area contributed by atoms with Crippen LogP contribution in [0.2, 0.25) is 0 Å². The van der Waals surface area contributed by atoms with Crippen LogP contribution in [0, 0.1) is 6.92 Å². The van der Waals surface area contributed by atoms with Gasteiger partial charge in [0.15, 0.2) is 5.82 Å². The molecule has 0 spiro atoms. The number of carbonyl (C=O) groups is 2. The average molecular weight is 594 g/mol. The van der Waals surface area contributed by atoms with Gasteiger partial charge in [0.25, 0.3) is 17.4 Å². The molecule has 1 saturated heterocycles. The van der Waals surface area contributed by atoms with Gasteiger partial charge in [0.05, 0.1) is 11.3 Å². The Morgan fingerprint density at radius 2 is 1.66 bits per heavy atom. The Hall–Kier alpha value is -4.83. The fourth-order valence-electron chi connectivity index (χ4n) is 5.15. The second kappa shape index (κ2) is 12.4. The van der Waals surface area contributed by atoms with E-state index in [4.69, 9.17) is 5.73 Å². The molecule has 2 aromatic heterocycles. The fourth-order valence-corrected chi connectivity index (χ4v) is 5.15. The zero-order valence-corrected chi connectivity index (χ0v) is 25.8. The third kappa shape index (κ3) is 6.70. The maximum atomic E-state index is 13.0. The van der Waals surface area contributed by atoms with E-state index < -0.39 is 0 Å². The minimum Gasteiger partial charge on any atom is -0.339 e. The van der Waals surface area contributed by atoms with Crippen molar-refractivity contribution in [2.45, 2.75) is 52.0 Å². The Labute approximate surface area is 257 Å². The molecule has 2 amide bonds. The van der Waals surface area contributed by atoms with Crippen molar-refractivity contribution in [2.75, 3.05) is 23.7 Å². The molecule has 5 rings (SSSR count). The molecule has 0 aliphatic carbocycles. The summed E-state index contributed by atoms with van der Waals surface area (Å²) in [4.78, 5) is 49.9. The quantitative estimate of drug-likeness (QED) is 0.286. The van der Waals surface area contributed by atoms with E-state index in [0.717, 1.165) is 29.7 Å². The van der Waals surface area contributed by atoms with Gasteiger partial charge in [-0.3, -0.25) is 19.4 Å². The van der Waals surface area contributed by atoms with E-state index in [1.807, 2.05) is 36.1 Å². The molecule has 44 heavy (non-hydrogen) atoms. The molecule has 2 aromatic carbocycles. The van der Waals surface area contributed by atoms with Crippen LogP contribution < -0.4 is 21.9 Å². The van der Waals surface area contributed by atoms with E-state index in [1.54, 1.807) is 49.8 Å². The molecule has 4 N–H and O–H groups in total. The summed E-state index contributed by atoms with van der Waals surface area (Å²) in [6.45, 7) is 9.42. The molecule has 10 nitrogen and oxygen atoms in total. The molecule has 228 valence electrons. The SMILES string of the molecule is Cc1c(NC(=O)c2ccc(C(C)(C)C)nc2)cccc1-c1cn(C)c(=O)c(Nc2ccc(C(=O)N3CCC(N)CC3)cc2)n1. The lowest BCUT2D eigenvalue weighted by Crippen LogP contribution is -2.42. The summed E-state index contributed by atoms with van der Waals surface area (Å²) in [5.74, 6) is -0.146. The van der Waals surface area contributed by atoms with E-state index >= 15 is 0 Å². The highest BCUT2D eigenvalue weighted by Crippen LogP contribution is 2.29. The molecule has 0 unspecified atom stereocenters. The summed E-state index contributed by atoms with van der Waals surface area (Å²) in [7, 11) is 1.67. The van der Waals surface area contributed by atoms with Crippen molar-refractivity contribution in [3.63, 3.8) is 0 Å². The minimum absolute atomic E-state index is 0.0277. The number of likely N-dealkylation sites (tertiary alicyclic amines) is 1. The van der Waals surface area contributed by atoms with Crippen LogP contribution >= 0.6 is 0 Å². The van der Waals surface area contributed by atoms with Crippen molar-refractivity contribution in [1.29, 1.82) is 0 Å². The average Bonchev–Trinajstić information content (AvgIpc) is 3.00. The molecule has 0 bridgehead atoms. The highest BCUT2D eigenvalue weighted by Gasteiger charge is 2.22. The summed E-state index contributed by atoms with van der Waals surface area (Å²) in [6, 6.07) is 16.4. The van der Waals surface area contributed by atoms with Gasteiger partial charge in [-0.25, -0.2) is 4.98 Å². The predicted molar refractivity (Wildman–Crippen MR) is 173 cm³/mol. The molecule has 1 aliphatic rings. The first-order valence-corrected chi connectivity index (χ1v) is 14.8. The highest BCUT2D eigenvalue weighted by molar-refractivity contribution is 6.05. The molecule has 3 heterocycles. The largest absolute Gasteiger partial charge is 0.339 e. The van der Waals surface area contributed by atoms with E-state index in [9.17, 15) is 14.4 Å². The first kappa shape index (κ1) is 30.6. The normalized spacial score (nSPS) is 13.9. The molecule has 0 saturated carbocycles. The lowest BCUT2D eigenvalue weighted by molar-refractivity contribution is 0.0714. The predicted octanol–water partition coefficient (Wildman–Crippen LogP) is 5.01. The van der Waals surface area contributed by atoms with E-state index in [1.165, 1.54) is 4.57 Å². The number of rotatable bonds is 6. The molecule has 0 radical (unpaired) electrons. The van der Waals surface area contributed by atoms with Crippen molar-refractivity contribution >= 4 is 29.0 Å². The van der Waals surface area contributed by atoms with Crippen LogP contribution in [0.3, 0.4) is 0 Å². The first-order chi connectivity index (χ1) is 20.9. The lowest BCUT2D eigenvalue weighted by Gasteiger charge is -2.30. The number of amides is 2. The number of anilines is 3. The Morgan fingerprint density at radius 3 is 2.30 bits per heavy atom. The molecule has 0 atom stereocenters. The Kier molecular flexibility index (Phi) is 8.64. The Morgan fingerprint density at radius 1 is 0.977 bits per heavy atom. The monoisotopic (exact) mass is 593 g/mol. The number of nitrogens with one attached hydrogen (secondary N) is 2. The van der Waals surface area contributed by atoms with E-state index in [0.29, 0.717) is 41.3 Å². The smallest absolute Gasteiger partial charge is 0.293 e. The molecular formula is C34H39N7O3. The van der Waals surface area contributed by atoms with Gasteiger partial charge >= 0.3 is 0 Å². The third-order valence-corrected chi connectivity index (χ3v) is 7.94. The van der Waals surface area contributed by atoms with Crippen LogP contribution in [0.25, 0.3) is 11.3 Å². The van der Waals surface area contributed by atoms with Crippen LogP contribution in [0.4, 0.5) is 17.2 Å². The van der Waals surface area contributed by atoms with Crippen LogP contribution in [-0.4, -0.2) is 50.4 Å². The molecule has 1 fully saturated rings. The lowest BCUT2D eigenvalue weighted by atomic mass is 9.91. The summed E-state index contributed by atoms with van der Waals surface area (Å²) in [5, 5.41) is 6.10. The minimum atomic E-state index is -0.299. The van der Waals surface area contributed by atoms with Crippen LogP contribution in [0.15, 0.2) is 71.8 Å². The highest BCUT2D eigenvalue weighted by atomic mass is 16.2. The van der Waals surface area contributed by atoms with Crippen LogP contribution in [-0.2, 0) is 12.5 Å². The number of pyridine rings is 1. The van der Waals surface area contributed by atoms with Crippen molar-refractivity contribution in [1.82, 2.24) is 19.4 Å². The summed E-state index contributed by atoms with van der Waals surface area (Å²) in [6.07, 6.45) is 4.86. The van der Waals surface area contributed by atoms with Gasteiger partial charge in [-0.1, -0.05) is 32.9 Å². The number of hydrogen-bond donors (Lipinski definition) is 3. The third-order valence-electron chi connectivity index (χ3n) is 7.94. The number of carbonyl (C=O) groups excluding carboxylic acids is 2. The summed E-state index contributed by atoms with van der Waals surface area (Å²) in [5.41, 5.74) is 10.9. The van der Waals surface area contributed by atoms with Crippen molar-refractivity contribution < 1.29 is 9.59 Å². The zero-order valence-electron chi connectivity index (χ0n) is 25.8. The van der Waals surface area contributed by atoms with Gasteiger partial charge in [0, 0.05) is 72.2 Å². The standard InChI is InChI=1S/C34H39N7O3/c1-21-26(7-6-8-27(21)39-31(42)23-11-14-29(36-19-23)34(2,3)4)28-20-40(5)33(44)30(38-28)37-25-12-9-22(10-13-25)32(43)41-17-15-24(35)16-18-41/h6-14,19-20,24H,15-18,35H2,1-5H3,(H,37,38)(H,39,42). The van der Waals surface area contributed by atoms with Gasteiger partial charge in [-0.15, -0.1) is 0 Å². The maximum absolute atomic E-state index is 13.0. The topological polar surface area (TPSA) is 135 Å². The van der Waals surface area contributed by atoms with Gasteiger partial charge in [0.1, 0.15) is 0 Å². The number of aryl methyl sites for hydroxylation is 1. The van der Waals surface area contributed by atoms with Crippen LogP contribution in [0.5, 0.6) is 0 Å². The van der Waals surface area contributed by atoms with E-state index in [-0.39, 0.29) is 34.6 Å². The number of piperidine rings is 1. The van der Waals surface area contributed by atoms with Crippen molar-refractivity contribution in [2.24, 2.45) is 12.8 Å². The summed E-state index contributed by atoms with van der Waals surface area (Å²) < 4.78 is 1.47. The number of nitrogens with two attached hydrogens (primary N) is 1. The molecule has 1 aliphatic heterocycles. The van der Waals surface area contributed by atoms with Gasteiger partial charge in [-0.05, 0) is 67.8 Å². The molecule has 4 aromatic rings. The van der Waals surface area contributed by atoms with Gasteiger partial charge in [0.2, 0.25) is 0 Å². The van der Waals surface area contributed by atoms with Crippen molar-refractivity contribution in [3.8, 4) is 11.3 Å². The fraction of sp³-hybridized carbons (Fsp3) is 0.324. The summed E-state index contributed by atoms with van der Waals surface area (Å²) >= 11 is 0. The Balaban J connectivity index is 1.34. The number of hydrogen-bond acceptors (Lipinski definition) is 7. The van der Waals surface area contributed by atoms with Gasteiger partial charge in [-0.2, -0.15) is 0 Å². The number of aromatic nitrogens is 3. The van der Waals surface area contributed by atoms with E-state index in [2.05, 4.69) is 41.4 Å². The van der Waals surface area contributed by atoms with Crippen molar-refractivity contribution in [3.05, 3.63) is 99.7 Å². The maximum Gasteiger partial charge on any atom is 0.293 e. The number of benzene rings is 2. The first-order valence-electron chi connectivity index (χ1n) is 14.8. The molecular weight excluding hydrogens is 554 g/mol. The number of nitrogens with zero attached hydrogens (tertiary/aromatic N) is 4. The van der Waals surface area contributed by atoms with Crippen LogP contribution in [0.1, 0.15) is 65.6 Å². The van der Waals surface area contributed by atoms with Gasteiger partial charge < -0.3 is 25.8 Å². The zero-order chi connectivity index (χ0) is 31.6. The Bertz CT molecular complexity index is 1730.